The van der Waals surface area contributed by atoms with Gasteiger partial charge in [0, 0.05) is 7.05 Å². The van der Waals surface area contributed by atoms with Gasteiger partial charge < -0.3 is 10.1 Å². The standard InChI is InChI=1S/C14H18N2OS/c1-5-10-6-7-12(17-4)11(8-10)14-16-9(2)13(15-3)18-14/h6-8,15H,5H2,1-4H3. The average molecular weight is 262 g/mol. The van der Waals surface area contributed by atoms with E-state index < -0.39 is 0 Å². The Labute approximate surface area is 112 Å². The van der Waals surface area contributed by atoms with E-state index >= 15 is 0 Å². The Morgan fingerprint density at radius 2 is 2.17 bits per heavy atom. The second kappa shape index (κ2) is 5.40. The number of aryl methyl sites for hydroxylation is 2. The van der Waals surface area contributed by atoms with Crippen molar-refractivity contribution in [2.45, 2.75) is 20.3 Å². The van der Waals surface area contributed by atoms with E-state index in [1.54, 1.807) is 18.4 Å². The van der Waals surface area contributed by atoms with Gasteiger partial charge in [0.25, 0.3) is 0 Å². The largest absolute Gasteiger partial charge is 0.496 e. The van der Waals surface area contributed by atoms with Crippen molar-refractivity contribution in [3.63, 3.8) is 0 Å². The number of benzene rings is 1. The molecular weight excluding hydrogens is 244 g/mol. The summed E-state index contributed by atoms with van der Waals surface area (Å²) in [5, 5.41) is 5.28. The van der Waals surface area contributed by atoms with E-state index in [-0.39, 0.29) is 0 Å². The lowest BCUT2D eigenvalue weighted by atomic mass is 10.1. The molecule has 0 amide bonds. The van der Waals surface area contributed by atoms with Crippen LogP contribution in [-0.2, 0) is 6.42 Å². The number of hydrogen-bond donors (Lipinski definition) is 1. The van der Waals surface area contributed by atoms with Crippen molar-refractivity contribution >= 4 is 16.3 Å². The number of nitrogens with one attached hydrogen (secondary N) is 1. The van der Waals surface area contributed by atoms with Crippen LogP contribution < -0.4 is 10.1 Å². The van der Waals surface area contributed by atoms with Crippen molar-refractivity contribution in [1.29, 1.82) is 0 Å². The average Bonchev–Trinajstić information content (AvgIpc) is 2.79. The maximum Gasteiger partial charge on any atom is 0.129 e. The third-order valence-corrected chi connectivity index (χ3v) is 4.13. The van der Waals surface area contributed by atoms with Crippen LogP contribution in [0, 0.1) is 6.92 Å². The molecule has 0 aliphatic rings. The molecular formula is C14H18N2OS. The number of anilines is 1. The van der Waals surface area contributed by atoms with Crippen molar-refractivity contribution in [2.75, 3.05) is 19.5 Å². The molecule has 0 spiro atoms. The molecule has 1 heterocycles. The van der Waals surface area contributed by atoms with E-state index in [0.717, 1.165) is 33.4 Å². The highest BCUT2D eigenvalue weighted by Crippen LogP contribution is 2.37. The fourth-order valence-corrected chi connectivity index (χ4v) is 2.83. The first-order valence-corrected chi connectivity index (χ1v) is 6.83. The molecule has 2 aromatic rings. The Balaban J connectivity index is 2.53. The van der Waals surface area contributed by atoms with Crippen LogP contribution in [0.5, 0.6) is 5.75 Å². The summed E-state index contributed by atoms with van der Waals surface area (Å²) in [7, 11) is 3.62. The molecule has 0 aliphatic heterocycles. The summed E-state index contributed by atoms with van der Waals surface area (Å²) in [6.45, 7) is 4.17. The molecule has 0 atom stereocenters. The third kappa shape index (κ3) is 2.34. The summed E-state index contributed by atoms with van der Waals surface area (Å²) in [6, 6.07) is 6.28. The van der Waals surface area contributed by atoms with Crippen LogP contribution in [0.2, 0.25) is 0 Å². The first-order chi connectivity index (χ1) is 8.69. The molecule has 1 N–H and O–H groups in total. The van der Waals surface area contributed by atoms with Crippen LogP contribution >= 0.6 is 11.3 Å². The lowest BCUT2D eigenvalue weighted by Gasteiger charge is -2.07. The molecule has 0 saturated carbocycles. The van der Waals surface area contributed by atoms with E-state index in [2.05, 4.69) is 29.4 Å². The third-order valence-electron chi connectivity index (χ3n) is 2.93. The summed E-state index contributed by atoms with van der Waals surface area (Å²) in [5.41, 5.74) is 3.40. The predicted octanol–water partition coefficient (Wildman–Crippen LogP) is 3.73. The lowest BCUT2D eigenvalue weighted by molar-refractivity contribution is 0.416. The number of aromatic nitrogens is 1. The molecule has 0 fully saturated rings. The quantitative estimate of drug-likeness (QED) is 0.911. The number of rotatable bonds is 4. The van der Waals surface area contributed by atoms with E-state index in [4.69, 9.17) is 4.74 Å². The highest BCUT2D eigenvalue weighted by molar-refractivity contribution is 7.19. The zero-order valence-electron chi connectivity index (χ0n) is 11.2. The highest BCUT2D eigenvalue weighted by Gasteiger charge is 2.13. The summed E-state index contributed by atoms with van der Waals surface area (Å²) in [5.74, 6) is 0.878. The van der Waals surface area contributed by atoms with E-state index in [1.165, 1.54) is 5.56 Å². The fraction of sp³-hybridized carbons (Fsp3) is 0.357. The predicted molar refractivity (Wildman–Crippen MR) is 77.8 cm³/mol. The van der Waals surface area contributed by atoms with Gasteiger partial charge >= 0.3 is 0 Å². The second-order valence-electron chi connectivity index (χ2n) is 4.07. The zero-order valence-corrected chi connectivity index (χ0v) is 12.0. The van der Waals surface area contributed by atoms with Crippen molar-refractivity contribution in [2.24, 2.45) is 0 Å². The summed E-state index contributed by atoms with van der Waals surface area (Å²) in [4.78, 5) is 4.61. The topological polar surface area (TPSA) is 34.1 Å². The SMILES string of the molecule is CCc1ccc(OC)c(-c2nc(C)c(NC)s2)c1. The molecule has 0 unspecified atom stereocenters. The van der Waals surface area contributed by atoms with Crippen molar-refractivity contribution in [3.05, 3.63) is 29.5 Å². The van der Waals surface area contributed by atoms with Gasteiger partial charge in [0.15, 0.2) is 0 Å². The van der Waals surface area contributed by atoms with Crippen molar-refractivity contribution < 1.29 is 4.74 Å². The van der Waals surface area contributed by atoms with Crippen molar-refractivity contribution in [3.8, 4) is 16.3 Å². The van der Waals surface area contributed by atoms with Crippen LogP contribution in [0.25, 0.3) is 10.6 Å². The fourth-order valence-electron chi connectivity index (χ4n) is 1.89. The van der Waals surface area contributed by atoms with E-state index in [1.807, 2.05) is 20.0 Å². The number of thiazole rings is 1. The second-order valence-corrected chi connectivity index (χ2v) is 5.07. The Bertz CT molecular complexity index is 549. The van der Waals surface area contributed by atoms with Crippen LogP contribution in [0.1, 0.15) is 18.2 Å². The van der Waals surface area contributed by atoms with E-state index in [0.29, 0.717) is 0 Å². The Hall–Kier alpha value is -1.55. The molecule has 4 heteroatoms. The molecule has 18 heavy (non-hydrogen) atoms. The van der Waals surface area contributed by atoms with Crippen LogP contribution in [0.4, 0.5) is 5.00 Å². The van der Waals surface area contributed by atoms with Gasteiger partial charge in [0.2, 0.25) is 0 Å². The van der Waals surface area contributed by atoms with Crippen LogP contribution in [0.15, 0.2) is 18.2 Å². The highest BCUT2D eigenvalue weighted by atomic mass is 32.1. The summed E-state index contributed by atoms with van der Waals surface area (Å²) < 4.78 is 5.43. The molecule has 0 bridgehead atoms. The smallest absolute Gasteiger partial charge is 0.129 e. The van der Waals surface area contributed by atoms with Gasteiger partial charge in [-0.15, -0.1) is 0 Å². The number of methoxy groups -OCH3 is 1. The van der Waals surface area contributed by atoms with E-state index in [9.17, 15) is 0 Å². The van der Waals surface area contributed by atoms with Gasteiger partial charge in [-0.05, 0) is 31.0 Å². The van der Waals surface area contributed by atoms with Crippen molar-refractivity contribution in [1.82, 2.24) is 4.98 Å². The maximum absolute atomic E-state index is 5.43. The molecule has 0 saturated heterocycles. The number of ether oxygens (including phenoxy) is 1. The van der Waals surface area contributed by atoms with Crippen LogP contribution in [0.3, 0.4) is 0 Å². The molecule has 2 rings (SSSR count). The number of nitrogens with zero attached hydrogens (tertiary/aromatic N) is 1. The minimum absolute atomic E-state index is 0.878. The zero-order chi connectivity index (χ0) is 13.1. The monoisotopic (exact) mass is 262 g/mol. The molecule has 0 aliphatic carbocycles. The van der Waals surface area contributed by atoms with Crippen LogP contribution in [-0.4, -0.2) is 19.1 Å². The van der Waals surface area contributed by atoms with Gasteiger partial charge in [0.1, 0.15) is 15.8 Å². The Morgan fingerprint density at radius 3 is 2.72 bits per heavy atom. The molecule has 0 radical (unpaired) electrons. The van der Waals surface area contributed by atoms with Gasteiger partial charge in [-0.2, -0.15) is 0 Å². The minimum Gasteiger partial charge on any atom is -0.496 e. The lowest BCUT2D eigenvalue weighted by Crippen LogP contribution is -1.90. The first kappa shape index (κ1) is 12.9. The molecule has 96 valence electrons. The van der Waals surface area contributed by atoms with Gasteiger partial charge in [0.05, 0.1) is 18.4 Å². The molecule has 1 aromatic carbocycles. The summed E-state index contributed by atoms with van der Waals surface area (Å²) >= 11 is 1.66. The maximum atomic E-state index is 5.43. The molecule has 3 nitrogen and oxygen atoms in total. The Morgan fingerprint density at radius 1 is 1.39 bits per heavy atom. The first-order valence-electron chi connectivity index (χ1n) is 6.02. The van der Waals surface area contributed by atoms with Gasteiger partial charge in [-0.1, -0.05) is 24.3 Å². The van der Waals surface area contributed by atoms with Gasteiger partial charge in [-0.3, -0.25) is 0 Å². The van der Waals surface area contributed by atoms with Gasteiger partial charge in [-0.25, -0.2) is 4.98 Å². The molecule has 1 aromatic heterocycles. The minimum atomic E-state index is 0.878. The summed E-state index contributed by atoms with van der Waals surface area (Å²) in [6.07, 6.45) is 1.01. The number of hydrogen-bond acceptors (Lipinski definition) is 4. The normalized spacial score (nSPS) is 10.4. The Kier molecular flexibility index (Phi) is 3.87.